The second-order valence-electron chi connectivity index (χ2n) is 3.77. The quantitative estimate of drug-likeness (QED) is 0.361. The van der Waals surface area contributed by atoms with Crippen LogP contribution in [0.2, 0.25) is 0 Å². The zero-order valence-corrected chi connectivity index (χ0v) is 9.52. The first-order chi connectivity index (χ1) is 7.86. The topological polar surface area (TPSA) is 83.0 Å². The van der Waals surface area contributed by atoms with Gasteiger partial charge >= 0.3 is 0 Å². The number of hydrogen-bond donors (Lipinski definition) is 4. The molecule has 0 spiro atoms. The van der Waals surface area contributed by atoms with E-state index in [2.05, 4.69) is 10.6 Å². The molecule has 0 aromatic carbocycles. The van der Waals surface area contributed by atoms with Gasteiger partial charge in [0.1, 0.15) is 0 Å². The second kappa shape index (κ2) is 8.86. The Bertz CT molecular complexity index is 145. The molecule has 16 heavy (non-hydrogen) atoms. The molecule has 1 aliphatic rings. The van der Waals surface area contributed by atoms with Gasteiger partial charge in [0.15, 0.2) is 0 Å². The molecule has 6 nitrogen and oxygen atoms in total. The van der Waals surface area contributed by atoms with Crippen molar-refractivity contribution in [3.63, 3.8) is 0 Å². The highest BCUT2D eigenvalue weighted by Gasteiger charge is 2.21. The van der Waals surface area contributed by atoms with E-state index in [1.54, 1.807) is 0 Å². The summed E-state index contributed by atoms with van der Waals surface area (Å²) in [5.74, 6) is 0. The molecule has 1 saturated heterocycles. The van der Waals surface area contributed by atoms with Crippen LogP contribution in [0.15, 0.2) is 0 Å². The smallest absolute Gasteiger partial charge is 0.0933 e. The van der Waals surface area contributed by atoms with Gasteiger partial charge in [0.25, 0.3) is 0 Å². The third-order valence-electron chi connectivity index (χ3n) is 2.36. The minimum Gasteiger partial charge on any atom is -0.395 e. The second-order valence-corrected chi connectivity index (χ2v) is 3.77. The van der Waals surface area contributed by atoms with Gasteiger partial charge in [-0.2, -0.15) is 0 Å². The van der Waals surface area contributed by atoms with E-state index < -0.39 is 0 Å². The van der Waals surface area contributed by atoms with Gasteiger partial charge in [-0.1, -0.05) is 0 Å². The summed E-state index contributed by atoms with van der Waals surface area (Å²) >= 11 is 0. The monoisotopic (exact) mass is 234 g/mol. The molecule has 0 radical (unpaired) electrons. The van der Waals surface area contributed by atoms with Crippen molar-refractivity contribution >= 4 is 0 Å². The van der Waals surface area contributed by atoms with Crippen molar-refractivity contribution in [3.05, 3.63) is 0 Å². The molecular formula is C10H22N2O4. The van der Waals surface area contributed by atoms with Crippen LogP contribution in [0.3, 0.4) is 0 Å². The van der Waals surface area contributed by atoms with Crippen molar-refractivity contribution in [1.82, 2.24) is 10.6 Å². The Morgan fingerprint density at radius 3 is 1.62 bits per heavy atom. The summed E-state index contributed by atoms with van der Waals surface area (Å²) in [6.07, 6.45) is 0.140. The SMILES string of the molecule is OCCNCC1COC(CNCCO)CO1. The Morgan fingerprint density at radius 1 is 0.875 bits per heavy atom. The maximum absolute atomic E-state index is 8.60. The van der Waals surface area contributed by atoms with Gasteiger partial charge in [-0.05, 0) is 0 Å². The molecule has 2 atom stereocenters. The van der Waals surface area contributed by atoms with Gasteiger partial charge in [-0.3, -0.25) is 0 Å². The molecule has 1 heterocycles. The van der Waals surface area contributed by atoms with E-state index in [0.717, 1.165) is 0 Å². The number of ether oxygens (including phenoxy) is 2. The van der Waals surface area contributed by atoms with Crippen molar-refractivity contribution in [2.24, 2.45) is 0 Å². The molecule has 1 rings (SSSR count). The molecular weight excluding hydrogens is 212 g/mol. The van der Waals surface area contributed by atoms with Gasteiger partial charge < -0.3 is 30.3 Å². The Labute approximate surface area is 95.9 Å². The molecule has 0 saturated carbocycles. The van der Waals surface area contributed by atoms with Crippen molar-refractivity contribution in [1.29, 1.82) is 0 Å². The lowest BCUT2D eigenvalue weighted by Crippen LogP contribution is -2.45. The van der Waals surface area contributed by atoms with Crippen molar-refractivity contribution in [2.75, 3.05) is 52.6 Å². The predicted octanol–water partition coefficient (Wildman–Crippen LogP) is -2.07. The van der Waals surface area contributed by atoms with Crippen LogP contribution in [0.4, 0.5) is 0 Å². The predicted molar refractivity (Wildman–Crippen MR) is 59.4 cm³/mol. The Morgan fingerprint density at radius 2 is 1.31 bits per heavy atom. The lowest BCUT2D eigenvalue weighted by atomic mass is 10.3. The molecule has 0 aromatic rings. The molecule has 1 aliphatic heterocycles. The van der Waals surface area contributed by atoms with E-state index in [-0.39, 0.29) is 25.4 Å². The maximum atomic E-state index is 8.60. The standard InChI is InChI=1S/C10H22N2O4/c13-3-1-11-5-9-7-16-10(8-15-9)6-12-2-4-14/h9-14H,1-8H2. The fourth-order valence-corrected chi connectivity index (χ4v) is 1.50. The van der Waals surface area contributed by atoms with Crippen molar-refractivity contribution in [3.8, 4) is 0 Å². The first-order valence-corrected chi connectivity index (χ1v) is 5.73. The number of rotatable bonds is 8. The van der Waals surface area contributed by atoms with Gasteiger partial charge in [-0.15, -0.1) is 0 Å². The van der Waals surface area contributed by atoms with Gasteiger partial charge in [0, 0.05) is 26.2 Å². The van der Waals surface area contributed by atoms with Crippen LogP contribution in [-0.2, 0) is 9.47 Å². The normalized spacial score (nSPS) is 25.9. The van der Waals surface area contributed by atoms with Crippen LogP contribution < -0.4 is 10.6 Å². The molecule has 6 heteroatoms. The van der Waals surface area contributed by atoms with Crippen LogP contribution in [0.5, 0.6) is 0 Å². The minimum atomic E-state index is 0.0700. The van der Waals surface area contributed by atoms with E-state index in [1.807, 2.05) is 0 Å². The molecule has 1 fully saturated rings. The molecule has 96 valence electrons. The zero-order chi connectivity index (χ0) is 11.6. The Kier molecular flexibility index (Phi) is 7.65. The lowest BCUT2D eigenvalue weighted by Gasteiger charge is -2.29. The fraction of sp³-hybridized carbons (Fsp3) is 1.00. The van der Waals surface area contributed by atoms with Crippen molar-refractivity contribution in [2.45, 2.75) is 12.2 Å². The average Bonchev–Trinajstić information content (AvgIpc) is 2.32. The number of hydrogen-bond acceptors (Lipinski definition) is 6. The molecule has 4 N–H and O–H groups in total. The van der Waals surface area contributed by atoms with Gasteiger partial charge in [0.2, 0.25) is 0 Å². The van der Waals surface area contributed by atoms with Gasteiger partial charge in [-0.25, -0.2) is 0 Å². The van der Waals surface area contributed by atoms with Crippen molar-refractivity contribution < 1.29 is 19.7 Å². The van der Waals surface area contributed by atoms with E-state index in [1.165, 1.54) is 0 Å². The Balaban J connectivity index is 2.00. The van der Waals surface area contributed by atoms with E-state index in [9.17, 15) is 0 Å². The van der Waals surface area contributed by atoms with Crippen LogP contribution in [0.1, 0.15) is 0 Å². The third-order valence-corrected chi connectivity index (χ3v) is 2.36. The Hall–Kier alpha value is -0.240. The summed E-state index contributed by atoms with van der Waals surface area (Å²) in [7, 11) is 0. The largest absolute Gasteiger partial charge is 0.395 e. The zero-order valence-electron chi connectivity index (χ0n) is 9.52. The fourth-order valence-electron chi connectivity index (χ4n) is 1.50. The van der Waals surface area contributed by atoms with E-state index >= 15 is 0 Å². The van der Waals surface area contributed by atoms with Crippen LogP contribution in [-0.4, -0.2) is 75.0 Å². The molecule has 0 aliphatic carbocycles. The first kappa shape index (κ1) is 13.8. The highest BCUT2D eigenvalue weighted by Crippen LogP contribution is 2.05. The summed E-state index contributed by atoms with van der Waals surface area (Å²) in [5, 5.41) is 23.3. The summed E-state index contributed by atoms with van der Waals surface area (Å²) in [5.41, 5.74) is 0. The summed E-state index contributed by atoms with van der Waals surface area (Å²) in [6, 6.07) is 0. The lowest BCUT2D eigenvalue weighted by molar-refractivity contribution is -0.129. The van der Waals surface area contributed by atoms with E-state index in [0.29, 0.717) is 39.4 Å². The maximum Gasteiger partial charge on any atom is 0.0933 e. The average molecular weight is 234 g/mol. The summed E-state index contributed by atoms with van der Waals surface area (Å²) in [4.78, 5) is 0. The highest BCUT2D eigenvalue weighted by molar-refractivity contribution is 4.71. The molecule has 2 unspecified atom stereocenters. The summed E-state index contributed by atoms with van der Waals surface area (Å²) in [6.45, 7) is 4.01. The van der Waals surface area contributed by atoms with Crippen LogP contribution in [0, 0.1) is 0 Å². The first-order valence-electron chi connectivity index (χ1n) is 5.73. The van der Waals surface area contributed by atoms with Gasteiger partial charge in [0.05, 0.1) is 38.6 Å². The van der Waals surface area contributed by atoms with Crippen LogP contribution in [0.25, 0.3) is 0 Å². The summed E-state index contributed by atoms with van der Waals surface area (Å²) < 4.78 is 11.2. The van der Waals surface area contributed by atoms with Crippen LogP contribution >= 0.6 is 0 Å². The molecule has 0 aromatic heterocycles. The highest BCUT2D eigenvalue weighted by atomic mass is 16.6. The number of nitrogens with one attached hydrogen (secondary N) is 2. The third kappa shape index (κ3) is 5.74. The molecule has 0 amide bonds. The minimum absolute atomic E-state index is 0.0700. The number of aliphatic hydroxyl groups is 2. The molecule has 0 bridgehead atoms. The number of aliphatic hydroxyl groups excluding tert-OH is 2. The van der Waals surface area contributed by atoms with E-state index in [4.69, 9.17) is 19.7 Å².